The van der Waals surface area contributed by atoms with Crippen LogP contribution in [0, 0.1) is 16.7 Å². The topological polar surface area (TPSA) is 68.6 Å². The lowest BCUT2D eigenvalue weighted by atomic mass is 9.69. The van der Waals surface area contributed by atoms with E-state index in [9.17, 15) is 10.1 Å². The number of nitriles is 1. The number of fused-ring (bicyclic) bond motifs is 1. The van der Waals surface area contributed by atoms with Crippen LogP contribution in [0.25, 0.3) is 10.8 Å². The highest BCUT2D eigenvalue weighted by Crippen LogP contribution is 2.47. The summed E-state index contributed by atoms with van der Waals surface area (Å²) in [5, 5.41) is 12.2. The Bertz CT molecular complexity index is 1100. The summed E-state index contributed by atoms with van der Waals surface area (Å²) in [6.07, 6.45) is 0. The largest absolute Gasteiger partial charge is 0.497 e. The minimum Gasteiger partial charge on any atom is -0.497 e. The van der Waals surface area contributed by atoms with E-state index in [0.29, 0.717) is 17.1 Å². The summed E-state index contributed by atoms with van der Waals surface area (Å²) in [5.41, 5.74) is 0.0996. The van der Waals surface area contributed by atoms with E-state index in [0.717, 1.165) is 16.3 Å². The van der Waals surface area contributed by atoms with Crippen molar-refractivity contribution in [3.8, 4) is 17.6 Å². The molecule has 5 nitrogen and oxygen atoms in total. The Morgan fingerprint density at radius 3 is 2.43 bits per heavy atom. The number of carbonyl (C=O) groups excluding carboxylic acids is 1. The number of benzene rings is 3. The minimum absolute atomic E-state index is 0.193. The molecule has 5 heteroatoms. The lowest BCUT2D eigenvalue weighted by molar-refractivity contribution is -0.151. The lowest BCUT2D eigenvalue weighted by Crippen LogP contribution is -2.36. The fraction of sp³-hybridized carbons (Fsp3) is 0.280. The number of rotatable bonds is 7. The molecule has 2 unspecified atom stereocenters. The first-order valence-electron chi connectivity index (χ1n) is 9.78. The molecule has 0 N–H and O–H groups in total. The predicted molar refractivity (Wildman–Crippen MR) is 116 cm³/mol. The van der Waals surface area contributed by atoms with Gasteiger partial charge in [-0.1, -0.05) is 48.5 Å². The maximum Gasteiger partial charge on any atom is 0.327 e. The van der Waals surface area contributed by atoms with Crippen molar-refractivity contribution in [2.75, 3.05) is 20.8 Å². The van der Waals surface area contributed by atoms with Gasteiger partial charge in [-0.25, -0.2) is 0 Å². The van der Waals surface area contributed by atoms with E-state index in [1.54, 1.807) is 40.2 Å². The summed E-state index contributed by atoms with van der Waals surface area (Å²) >= 11 is 0. The fourth-order valence-corrected chi connectivity index (χ4v) is 3.86. The highest BCUT2D eigenvalue weighted by Gasteiger charge is 2.46. The van der Waals surface area contributed by atoms with Crippen molar-refractivity contribution in [2.45, 2.75) is 19.8 Å². The van der Waals surface area contributed by atoms with Gasteiger partial charge in [0.15, 0.2) is 5.41 Å². The molecule has 0 aliphatic rings. The first-order valence-corrected chi connectivity index (χ1v) is 9.78. The molecule has 2 atom stereocenters. The summed E-state index contributed by atoms with van der Waals surface area (Å²) < 4.78 is 16.3. The van der Waals surface area contributed by atoms with Crippen LogP contribution in [0.5, 0.6) is 11.5 Å². The molecule has 0 fully saturated rings. The molecule has 0 bridgehead atoms. The molecule has 0 radical (unpaired) electrons. The van der Waals surface area contributed by atoms with E-state index in [4.69, 9.17) is 14.2 Å². The normalized spacial score (nSPS) is 13.7. The van der Waals surface area contributed by atoms with Crippen molar-refractivity contribution in [3.05, 3.63) is 71.8 Å². The second kappa shape index (κ2) is 8.87. The SMILES string of the molecule is CCOC(=O)C(C)(C#N)C(c1ccc(OC)cc1OC)c1cccc2ccccc12. The molecular weight excluding hydrogens is 378 g/mol. The van der Waals surface area contributed by atoms with E-state index in [2.05, 4.69) is 6.07 Å². The van der Waals surface area contributed by atoms with E-state index in [1.807, 2.05) is 48.5 Å². The number of carbonyl (C=O) groups is 1. The highest BCUT2D eigenvalue weighted by molar-refractivity contribution is 5.89. The van der Waals surface area contributed by atoms with Gasteiger partial charge in [0, 0.05) is 17.5 Å². The first kappa shape index (κ1) is 21.2. The number of hydrogen-bond acceptors (Lipinski definition) is 5. The Kier molecular flexibility index (Phi) is 6.27. The van der Waals surface area contributed by atoms with Crippen LogP contribution in [-0.4, -0.2) is 26.8 Å². The molecule has 0 aliphatic carbocycles. The smallest absolute Gasteiger partial charge is 0.327 e. The molecule has 0 aliphatic heterocycles. The Hall–Kier alpha value is -3.52. The van der Waals surface area contributed by atoms with Crippen molar-refractivity contribution in [1.82, 2.24) is 0 Å². The number of methoxy groups -OCH3 is 2. The van der Waals surface area contributed by atoms with Crippen LogP contribution < -0.4 is 9.47 Å². The van der Waals surface area contributed by atoms with Gasteiger partial charge in [0.25, 0.3) is 0 Å². The number of nitrogens with zero attached hydrogens (tertiary/aromatic N) is 1. The van der Waals surface area contributed by atoms with Gasteiger partial charge in [-0.05, 0) is 36.2 Å². The third-order valence-electron chi connectivity index (χ3n) is 5.40. The first-order chi connectivity index (χ1) is 14.5. The summed E-state index contributed by atoms with van der Waals surface area (Å²) in [5.74, 6) is -0.0167. The third kappa shape index (κ3) is 3.69. The highest BCUT2D eigenvalue weighted by atomic mass is 16.5. The zero-order chi connectivity index (χ0) is 21.7. The van der Waals surface area contributed by atoms with Crippen LogP contribution >= 0.6 is 0 Å². The summed E-state index contributed by atoms with van der Waals surface area (Å²) in [4.78, 5) is 13.0. The second-order valence-corrected chi connectivity index (χ2v) is 7.14. The Morgan fingerprint density at radius 2 is 1.77 bits per heavy atom. The molecule has 0 spiro atoms. The third-order valence-corrected chi connectivity index (χ3v) is 5.40. The molecule has 0 saturated heterocycles. The van der Waals surface area contributed by atoms with Crippen LogP contribution in [-0.2, 0) is 9.53 Å². The standard InChI is InChI=1S/C25H25NO4/c1-5-30-24(27)25(2,16-26)23(21-14-13-18(28-3)15-22(21)29-4)20-12-8-10-17-9-6-7-11-19(17)20/h6-15,23H,5H2,1-4H3. The van der Waals surface area contributed by atoms with Gasteiger partial charge in [-0.15, -0.1) is 0 Å². The molecule has 154 valence electrons. The molecule has 3 aromatic carbocycles. The lowest BCUT2D eigenvalue weighted by Gasteiger charge is -2.32. The molecule has 0 amide bonds. The molecule has 0 saturated carbocycles. The molecule has 3 aromatic rings. The summed E-state index contributed by atoms with van der Waals surface area (Å²) in [6.45, 7) is 3.55. The van der Waals surface area contributed by atoms with Gasteiger partial charge in [-0.2, -0.15) is 5.26 Å². The van der Waals surface area contributed by atoms with E-state index in [1.165, 1.54) is 0 Å². The molecular formula is C25H25NO4. The average Bonchev–Trinajstić information content (AvgIpc) is 2.79. The van der Waals surface area contributed by atoms with Crippen molar-refractivity contribution < 1.29 is 19.0 Å². The van der Waals surface area contributed by atoms with Gasteiger partial charge < -0.3 is 14.2 Å². The zero-order valence-corrected chi connectivity index (χ0v) is 17.6. The zero-order valence-electron chi connectivity index (χ0n) is 17.6. The van der Waals surface area contributed by atoms with Crippen molar-refractivity contribution in [2.24, 2.45) is 5.41 Å². The van der Waals surface area contributed by atoms with Crippen molar-refractivity contribution in [3.63, 3.8) is 0 Å². The van der Waals surface area contributed by atoms with E-state index in [-0.39, 0.29) is 6.61 Å². The minimum atomic E-state index is -1.47. The Balaban J connectivity index is 2.35. The van der Waals surface area contributed by atoms with Crippen LogP contribution in [0.2, 0.25) is 0 Å². The van der Waals surface area contributed by atoms with Crippen LogP contribution in [0.1, 0.15) is 30.9 Å². The van der Waals surface area contributed by atoms with Crippen molar-refractivity contribution >= 4 is 16.7 Å². The summed E-state index contributed by atoms with van der Waals surface area (Å²) in [6, 6.07) is 21.5. The van der Waals surface area contributed by atoms with Crippen LogP contribution in [0.3, 0.4) is 0 Å². The van der Waals surface area contributed by atoms with Gasteiger partial charge in [0.05, 0.1) is 26.9 Å². The monoisotopic (exact) mass is 403 g/mol. The van der Waals surface area contributed by atoms with E-state index >= 15 is 0 Å². The maximum absolute atomic E-state index is 13.0. The molecule has 0 heterocycles. The second-order valence-electron chi connectivity index (χ2n) is 7.14. The fourth-order valence-electron chi connectivity index (χ4n) is 3.86. The molecule has 0 aromatic heterocycles. The molecule has 30 heavy (non-hydrogen) atoms. The predicted octanol–water partition coefficient (Wildman–Crippen LogP) is 5.08. The van der Waals surface area contributed by atoms with E-state index < -0.39 is 17.3 Å². The molecule has 3 rings (SSSR count). The number of ether oxygens (including phenoxy) is 3. The van der Waals surface area contributed by atoms with Crippen molar-refractivity contribution in [1.29, 1.82) is 5.26 Å². The number of esters is 1. The van der Waals surface area contributed by atoms with Gasteiger partial charge in [0.2, 0.25) is 0 Å². The quantitative estimate of drug-likeness (QED) is 0.515. The van der Waals surface area contributed by atoms with Crippen LogP contribution in [0.15, 0.2) is 60.7 Å². The average molecular weight is 403 g/mol. The Labute approximate surface area is 176 Å². The van der Waals surface area contributed by atoms with Gasteiger partial charge in [-0.3, -0.25) is 4.79 Å². The van der Waals surface area contributed by atoms with Crippen LogP contribution in [0.4, 0.5) is 0 Å². The maximum atomic E-state index is 13.0. The Morgan fingerprint density at radius 1 is 1.03 bits per heavy atom. The summed E-state index contributed by atoms with van der Waals surface area (Å²) in [7, 11) is 3.14. The van der Waals surface area contributed by atoms with Gasteiger partial charge in [0.1, 0.15) is 11.5 Å². The van der Waals surface area contributed by atoms with Gasteiger partial charge >= 0.3 is 5.97 Å². The number of hydrogen-bond donors (Lipinski definition) is 0.